The van der Waals surface area contributed by atoms with E-state index < -0.39 is 12.1 Å². The molecule has 12 heavy (non-hydrogen) atoms. The van der Waals surface area contributed by atoms with Gasteiger partial charge in [0.15, 0.2) is 0 Å². The molecule has 3 nitrogen and oxygen atoms in total. The zero-order chi connectivity index (χ0) is 9.72. The van der Waals surface area contributed by atoms with Gasteiger partial charge in [-0.1, -0.05) is 0 Å². The van der Waals surface area contributed by atoms with Crippen molar-refractivity contribution in [3.05, 3.63) is 11.4 Å². The van der Waals surface area contributed by atoms with Gasteiger partial charge in [-0.2, -0.15) is 0 Å². The van der Waals surface area contributed by atoms with Gasteiger partial charge >= 0.3 is 0 Å². The van der Waals surface area contributed by atoms with Crippen molar-refractivity contribution in [1.82, 2.24) is 5.01 Å². The standard InChI is InChI=1S/C6H12ClF2N3/c1-2-12(11)5(6(8)9)4(10)3-7/h6H,2-3,10-11H2,1H3/b5-4-. The summed E-state index contributed by atoms with van der Waals surface area (Å²) in [5, 5.41) is 0.891. The third kappa shape index (κ3) is 2.83. The van der Waals surface area contributed by atoms with Gasteiger partial charge in [0, 0.05) is 12.2 Å². The molecular weight excluding hydrogens is 188 g/mol. The van der Waals surface area contributed by atoms with Gasteiger partial charge < -0.3 is 10.7 Å². The lowest BCUT2D eigenvalue weighted by Gasteiger charge is -2.21. The van der Waals surface area contributed by atoms with E-state index in [4.69, 9.17) is 23.2 Å². The van der Waals surface area contributed by atoms with Crippen LogP contribution in [0.15, 0.2) is 11.4 Å². The van der Waals surface area contributed by atoms with E-state index in [-0.39, 0.29) is 18.1 Å². The molecule has 0 amide bonds. The lowest BCUT2D eigenvalue weighted by molar-refractivity contribution is 0.139. The minimum atomic E-state index is -2.69. The molecule has 0 rings (SSSR count). The highest BCUT2D eigenvalue weighted by molar-refractivity contribution is 6.19. The van der Waals surface area contributed by atoms with Crippen LogP contribution in [0.5, 0.6) is 0 Å². The number of nitrogens with two attached hydrogens (primary N) is 2. The molecule has 0 aromatic heterocycles. The van der Waals surface area contributed by atoms with Crippen LogP contribution in [0.3, 0.4) is 0 Å². The average molecular weight is 200 g/mol. The first kappa shape index (κ1) is 11.4. The highest BCUT2D eigenvalue weighted by Gasteiger charge is 2.18. The molecule has 0 aliphatic carbocycles. The first-order chi connectivity index (χ1) is 5.54. The van der Waals surface area contributed by atoms with Crippen molar-refractivity contribution in [3.8, 4) is 0 Å². The van der Waals surface area contributed by atoms with E-state index in [1.54, 1.807) is 6.92 Å². The molecule has 0 aliphatic heterocycles. The van der Waals surface area contributed by atoms with Crippen LogP contribution in [-0.4, -0.2) is 23.9 Å². The van der Waals surface area contributed by atoms with Gasteiger partial charge in [0.1, 0.15) is 5.70 Å². The van der Waals surface area contributed by atoms with E-state index in [0.29, 0.717) is 0 Å². The summed E-state index contributed by atoms with van der Waals surface area (Å²) in [6, 6.07) is 0. The summed E-state index contributed by atoms with van der Waals surface area (Å²) in [7, 11) is 0. The fraction of sp³-hybridized carbons (Fsp3) is 0.667. The molecule has 0 aromatic rings. The summed E-state index contributed by atoms with van der Waals surface area (Å²) in [4.78, 5) is 0. The minimum Gasteiger partial charge on any atom is -0.399 e. The van der Waals surface area contributed by atoms with Gasteiger partial charge in [0.25, 0.3) is 6.43 Å². The van der Waals surface area contributed by atoms with Crippen LogP contribution in [0.1, 0.15) is 6.92 Å². The zero-order valence-corrected chi connectivity index (χ0v) is 7.48. The van der Waals surface area contributed by atoms with Crippen molar-refractivity contribution in [2.75, 3.05) is 12.4 Å². The maximum absolute atomic E-state index is 12.3. The van der Waals surface area contributed by atoms with Crippen LogP contribution in [0.25, 0.3) is 0 Å². The largest absolute Gasteiger partial charge is 0.399 e. The van der Waals surface area contributed by atoms with Crippen molar-refractivity contribution in [1.29, 1.82) is 0 Å². The van der Waals surface area contributed by atoms with Crippen LogP contribution in [0.4, 0.5) is 8.78 Å². The molecule has 0 spiro atoms. The smallest absolute Gasteiger partial charge is 0.281 e. The third-order valence-corrected chi connectivity index (χ3v) is 1.62. The normalized spacial score (nSPS) is 13.2. The van der Waals surface area contributed by atoms with Crippen molar-refractivity contribution in [2.45, 2.75) is 13.3 Å². The average Bonchev–Trinajstić information content (AvgIpc) is 2.03. The number of hydrogen-bond acceptors (Lipinski definition) is 3. The summed E-state index contributed by atoms with van der Waals surface area (Å²) in [5.74, 6) is 5.11. The molecule has 6 heteroatoms. The van der Waals surface area contributed by atoms with Crippen LogP contribution in [0.2, 0.25) is 0 Å². The highest BCUT2D eigenvalue weighted by atomic mass is 35.5. The fourth-order valence-corrected chi connectivity index (χ4v) is 0.826. The predicted octanol–water partition coefficient (Wildman–Crippen LogP) is 0.856. The van der Waals surface area contributed by atoms with Gasteiger partial charge in [-0.05, 0) is 6.92 Å². The molecule has 0 bridgehead atoms. The molecule has 0 atom stereocenters. The molecule has 0 fully saturated rings. The van der Waals surface area contributed by atoms with Crippen LogP contribution in [-0.2, 0) is 0 Å². The summed E-state index contributed by atoms with van der Waals surface area (Å²) in [6.45, 7) is 1.90. The second-order valence-corrected chi connectivity index (χ2v) is 2.40. The van der Waals surface area contributed by atoms with Gasteiger partial charge in [0.05, 0.1) is 5.88 Å². The molecule has 0 heterocycles. The molecule has 0 saturated heterocycles. The number of alkyl halides is 3. The maximum atomic E-state index is 12.3. The molecule has 0 aliphatic rings. The fourth-order valence-electron chi connectivity index (χ4n) is 0.689. The number of nitrogens with zero attached hydrogens (tertiary/aromatic N) is 1. The Bertz CT molecular complexity index is 172. The molecule has 0 unspecified atom stereocenters. The third-order valence-electron chi connectivity index (χ3n) is 1.33. The van der Waals surface area contributed by atoms with Crippen molar-refractivity contribution in [2.24, 2.45) is 11.6 Å². The van der Waals surface area contributed by atoms with E-state index in [2.05, 4.69) is 0 Å². The van der Waals surface area contributed by atoms with Crippen LogP contribution < -0.4 is 11.6 Å². The van der Waals surface area contributed by atoms with Gasteiger partial charge in [-0.3, -0.25) is 0 Å². The maximum Gasteiger partial charge on any atom is 0.281 e. The number of hydrogen-bond donors (Lipinski definition) is 2. The van der Waals surface area contributed by atoms with Gasteiger partial charge in [-0.15, -0.1) is 11.6 Å². The molecule has 0 radical (unpaired) electrons. The molecule has 0 aromatic carbocycles. The van der Waals surface area contributed by atoms with Gasteiger partial charge in [-0.25, -0.2) is 14.6 Å². The summed E-state index contributed by atoms with van der Waals surface area (Å²) in [6.07, 6.45) is -2.69. The molecular formula is C6H12ClF2N3. The lowest BCUT2D eigenvalue weighted by Crippen LogP contribution is -2.35. The highest BCUT2D eigenvalue weighted by Crippen LogP contribution is 2.13. The Morgan fingerprint density at radius 2 is 2.08 bits per heavy atom. The zero-order valence-electron chi connectivity index (χ0n) is 6.73. The molecule has 72 valence electrons. The number of halogens is 3. The Balaban J connectivity index is 4.65. The Kier molecular flexibility index (Phi) is 4.92. The number of hydrazine groups is 1. The number of allylic oxidation sites excluding steroid dienone is 2. The molecule has 4 N–H and O–H groups in total. The Morgan fingerprint density at radius 3 is 2.33 bits per heavy atom. The van der Waals surface area contributed by atoms with E-state index >= 15 is 0 Å². The van der Waals surface area contributed by atoms with Crippen LogP contribution in [0, 0.1) is 0 Å². The van der Waals surface area contributed by atoms with Crippen LogP contribution >= 0.6 is 11.6 Å². The summed E-state index contributed by atoms with van der Waals surface area (Å²) < 4.78 is 24.5. The second kappa shape index (κ2) is 5.16. The lowest BCUT2D eigenvalue weighted by atomic mass is 10.3. The Labute approximate surface area is 74.9 Å². The quantitative estimate of drug-likeness (QED) is 0.401. The Morgan fingerprint density at radius 1 is 1.58 bits per heavy atom. The predicted molar refractivity (Wildman–Crippen MR) is 44.5 cm³/mol. The van der Waals surface area contributed by atoms with E-state index in [1.165, 1.54) is 0 Å². The Hall–Kier alpha value is -0.550. The first-order valence-electron chi connectivity index (χ1n) is 3.39. The minimum absolute atomic E-state index is 0.0870. The summed E-state index contributed by atoms with van der Waals surface area (Å²) in [5.41, 5.74) is 4.76. The SMILES string of the molecule is CCN(N)/C(=C(\N)CCl)C(F)F. The van der Waals surface area contributed by atoms with Gasteiger partial charge in [0.2, 0.25) is 0 Å². The van der Waals surface area contributed by atoms with Crippen molar-refractivity contribution >= 4 is 11.6 Å². The second-order valence-electron chi connectivity index (χ2n) is 2.13. The van der Waals surface area contributed by atoms with E-state index in [0.717, 1.165) is 5.01 Å². The van der Waals surface area contributed by atoms with E-state index in [9.17, 15) is 8.78 Å². The first-order valence-corrected chi connectivity index (χ1v) is 3.92. The van der Waals surface area contributed by atoms with Crippen molar-refractivity contribution in [3.63, 3.8) is 0 Å². The summed E-state index contributed by atoms with van der Waals surface area (Å²) >= 11 is 5.29. The monoisotopic (exact) mass is 199 g/mol. The number of rotatable bonds is 4. The topological polar surface area (TPSA) is 55.3 Å². The van der Waals surface area contributed by atoms with Crippen molar-refractivity contribution < 1.29 is 8.78 Å². The van der Waals surface area contributed by atoms with E-state index in [1.807, 2.05) is 0 Å². The molecule has 0 saturated carbocycles.